The largest absolute Gasteiger partial charge is 0.388 e. The second-order valence-electron chi connectivity index (χ2n) is 7.02. The number of hydrogen-bond acceptors (Lipinski definition) is 1. The smallest absolute Gasteiger partial charge is 0.0797 e. The molecule has 100 valence electrons. The molecule has 0 radical (unpaired) electrons. The first-order valence-corrected chi connectivity index (χ1v) is 7.17. The van der Waals surface area contributed by atoms with E-state index < -0.39 is 0 Å². The van der Waals surface area contributed by atoms with Crippen LogP contribution in [0.5, 0.6) is 0 Å². The Kier molecular flexibility index (Phi) is 3.82. The standard InChI is InChI=1S/C17H26O/c1-12(2)9-13-5-6-14-7-8-17(3,4)11-16(18)15(14)10-13/h5-6,10,12,16,18H,7-9,11H2,1-4H3. The zero-order valence-corrected chi connectivity index (χ0v) is 12.2. The summed E-state index contributed by atoms with van der Waals surface area (Å²) in [6, 6.07) is 6.71. The van der Waals surface area contributed by atoms with Crippen LogP contribution in [-0.4, -0.2) is 5.11 Å². The number of aliphatic hydroxyl groups is 1. The summed E-state index contributed by atoms with van der Waals surface area (Å²) in [5.41, 5.74) is 4.14. The van der Waals surface area contributed by atoms with Crippen LogP contribution in [0.1, 0.15) is 63.3 Å². The summed E-state index contributed by atoms with van der Waals surface area (Å²) in [5, 5.41) is 10.4. The summed E-state index contributed by atoms with van der Waals surface area (Å²) in [6.45, 7) is 9.00. The minimum atomic E-state index is -0.287. The van der Waals surface area contributed by atoms with Crippen LogP contribution >= 0.6 is 0 Å². The predicted octanol–water partition coefficient (Wildman–Crippen LogP) is 4.28. The second-order valence-corrected chi connectivity index (χ2v) is 7.02. The van der Waals surface area contributed by atoms with Crippen molar-refractivity contribution in [2.75, 3.05) is 0 Å². The minimum absolute atomic E-state index is 0.247. The molecule has 1 unspecified atom stereocenters. The molecule has 1 N–H and O–H groups in total. The molecule has 1 atom stereocenters. The number of aliphatic hydroxyl groups excluding tert-OH is 1. The number of hydrogen-bond donors (Lipinski definition) is 1. The third-order valence-electron chi connectivity index (χ3n) is 4.03. The van der Waals surface area contributed by atoms with Gasteiger partial charge in [-0.3, -0.25) is 0 Å². The lowest BCUT2D eigenvalue weighted by atomic mass is 9.84. The number of benzene rings is 1. The molecule has 0 fully saturated rings. The lowest BCUT2D eigenvalue weighted by molar-refractivity contribution is 0.116. The van der Waals surface area contributed by atoms with Gasteiger partial charge < -0.3 is 5.11 Å². The molecule has 0 spiro atoms. The fourth-order valence-corrected chi connectivity index (χ4v) is 2.99. The first-order valence-electron chi connectivity index (χ1n) is 7.17. The van der Waals surface area contributed by atoms with Gasteiger partial charge in [-0.2, -0.15) is 0 Å². The first kappa shape index (κ1) is 13.6. The Bertz CT molecular complexity index is 418. The van der Waals surface area contributed by atoms with Gasteiger partial charge in [0.15, 0.2) is 0 Å². The van der Waals surface area contributed by atoms with E-state index in [0.29, 0.717) is 5.92 Å². The van der Waals surface area contributed by atoms with Crippen molar-refractivity contribution in [3.63, 3.8) is 0 Å². The summed E-state index contributed by atoms with van der Waals surface area (Å²) in [4.78, 5) is 0. The molecular formula is C17H26O. The Morgan fingerprint density at radius 3 is 2.72 bits per heavy atom. The highest BCUT2D eigenvalue weighted by molar-refractivity contribution is 5.35. The van der Waals surface area contributed by atoms with Gasteiger partial charge in [0, 0.05) is 0 Å². The van der Waals surface area contributed by atoms with Gasteiger partial charge in [0.2, 0.25) is 0 Å². The monoisotopic (exact) mass is 246 g/mol. The van der Waals surface area contributed by atoms with E-state index in [9.17, 15) is 5.11 Å². The van der Waals surface area contributed by atoms with E-state index in [1.165, 1.54) is 23.1 Å². The Morgan fingerprint density at radius 2 is 2.06 bits per heavy atom. The summed E-state index contributed by atoms with van der Waals surface area (Å²) in [6.07, 6.45) is 3.96. The molecule has 0 saturated carbocycles. The highest BCUT2D eigenvalue weighted by Gasteiger charge is 2.28. The van der Waals surface area contributed by atoms with E-state index >= 15 is 0 Å². The van der Waals surface area contributed by atoms with Crippen LogP contribution in [0.15, 0.2) is 18.2 Å². The number of aryl methyl sites for hydroxylation is 1. The molecule has 0 saturated heterocycles. The van der Waals surface area contributed by atoms with Crippen LogP contribution in [0.2, 0.25) is 0 Å². The third-order valence-corrected chi connectivity index (χ3v) is 4.03. The maximum atomic E-state index is 10.4. The molecule has 1 aromatic carbocycles. The second kappa shape index (κ2) is 5.05. The minimum Gasteiger partial charge on any atom is -0.388 e. The van der Waals surface area contributed by atoms with Gasteiger partial charge in [-0.15, -0.1) is 0 Å². The average Bonchev–Trinajstić information content (AvgIpc) is 2.35. The number of rotatable bonds is 2. The quantitative estimate of drug-likeness (QED) is 0.772. The van der Waals surface area contributed by atoms with Crippen LogP contribution in [0.4, 0.5) is 0 Å². The maximum Gasteiger partial charge on any atom is 0.0797 e. The summed E-state index contributed by atoms with van der Waals surface area (Å²) in [5.74, 6) is 0.669. The highest BCUT2D eigenvalue weighted by atomic mass is 16.3. The molecule has 0 amide bonds. The van der Waals surface area contributed by atoms with E-state index in [2.05, 4.69) is 45.9 Å². The molecule has 0 bridgehead atoms. The van der Waals surface area contributed by atoms with Crippen molar-refractivity contribution >= 4 is 0 Å². The van der Waals surface area contributed by atoms with Crippen molar-refractivity contribution in [1.82, 2.24) is 0 Å². The van der Waals surface area contributed by atoms with Crippen molar-refractivity contribution < 1.29 is 5.11 Å². The summed E-state index contributed by atoms with van der Waals surface area (Å²) in [7, 11) is 0. The van der Waals surface area contributed by atoms with Gasteiger partial charge >= 0.3 is 0 Å². The van der Waals surface area contributed by atoms with Crippen LogP contribution in [0, 0.1) is 11.3 Å². The molecule has 1 aliphatic rings. The summed E-state index contributed by atoms with van der Waals surface area (Å²) < 4.78 is 0. The summed E-state index contributed by atoms with van der Waals surface area (Å²) >= 11 is 0. The predicted molar refractivity (Wildman–Crippen MR) is 76.7 cm³/mol. The van der Waals surface area contributed by atoms with E-state index in [1.807, 2.05) is 0 Å². The third kappa shape index (κ3) is 3.14. The molecule has 0 aromatic heterocycles. The van der Waals surface area contributed by atoms with Crippen molar-refractivity contribution in [2.45, 2.75) is 59.5 Å². The SMILES string of the molecule is CC(C)Cc1ccc2c(c1)C(O)CC(C)(C)CC2. The Balaban J connectivity index is 2.29. The highest BCUT2D eigenvalue weighted by Crippen LogP contribution is 2.39. The first-order chi connectivity index (χ1) is 8.37. The Labute approximate surface area is 111 Å². The van der Waals surface area contributed by atoms with Gasteiger partial charge in [-0.1, -0.05) is 45.9 Å². The van der Waals surface area contributed by atoms with Crippen LogP contribution in [0.3, 0.4) is 0 Å². The van der Waals surface area contributed by atoms with Crippen molar-refractivity contribution in [2.24, 2.45) is 11.3 Å². The molecule has 1 heteroatoms. The van der Waals surface area contributed by atoms with Crippen molar-refractivity contribution in [1.29, 1.82) is 0 Å². The zero-order chi connectivity index (χ0) is 13.3. The van der Waals surface area contributed by atoms with Gasteiger partial charge in [0.05, 0.1) is 6.10 Å². The Morgan fingerprint density at radius 1 is 1.33 bits per heavy atom. The van der Waals surface area contributed by atoms with Crippen molar-refractivity contribution in [3.8, 4) is 0 Å². The molecule has 18 heavy (non-hydrogen) atoms. The van der Waals surface area contributed by atoms with Gasteiger partial charge in [0.1, 0.15) is 0 Å². The van der Waals surface area contributed by atoms with E-state index in [-0.39, 0.29) is 11.5 Å². The molecule has 0 aliphatic heterocycles. The molecule has 1 aromatic rings. The van der Waals surface area contributed by atoms with Crippen LogP contribution in [-0.2, 0) is 12.8 Å². The topological polar surface area (TPSA) is 20.2 Å². The van der Waals surface area contributed by atoms with Crippen LogP contribution in [0.25, 0.3) is 0 Å². The van der Waals surface area contributed by atoms with E-state index in [1.54, 1.807) is 0 Å². The van der Waals surface area contributed by atoms with E-state index in [4.69, 9.17) is 0 Å². The zero-order valence-electron chi connectivity index (χ0n) is 12.2. The van der Waals surface area contributed by atoms with Gasteiger partial charge in [-0.25, -0.2) is 0 Å². The Hall–Kier alpha value is -0.820. The maximum absolute atomic E-state index is 10.4. The molecular weight excluding hydrogens is 220 g/mol. The van der Waals surface area contributed by atoms with Gasteiger partial charge in [0.25, 0.3) is 0 Å². The average molecular weight is 246 g/mol. The fraction of sp³-hybridized carbons (Fsp3) is 0.647. The molecule has 2 rings (SSSR count). The molecule has 1 nitrogen and oxygen atoms in total. The lowest BCUT2D eigenvalue weighted by Crippen LogP contribution is -2.13. The normalized spacial score (nSPS) is 22.7. The molecule has 0 heterocycles. The van der Waals surface area contributed by atoms with Gasteiger partial charge in [-0.05, 0) is 53.7 Å². The fourth-order valence-electron chi connectivity index (χ4n) is 2.99. The lowest BCUT2D eigenvalue weighted by Gasteiger charge is -2.24. The van der Waals surface area contributed by atoms with Crippen LogP contribution < -0.4 is 0 Å². The molecule has 1 aliphatic carbocycles. The van der Waals surface area contributed by atoms with Crippen molar-refractivity contribution in [3.05, 3.63) is 34.9 Å². The number of fused-ring (bicyclic) bond motifs is 1. The van der Waals surface area contributed by atoms with E-state index in [0.717, 1.165) is 19.3 Å².